The van der Waals surface area contributed by atoms with Gasteiger partial charge in [0.15, 0.2) is 11.7 Å². The highest BCUT2D eigenvalue weighted by molar-refractivity contribution is 9.10. The summed E-state index contributed by atoms with van der Waals surface area (Å²) in [6, 6.07) is 19.3. The van der Waals surface area contributed by atoms with Gasteiger partial charge < -0.3 is 4.74 Å². The van der Waals surface area contributed by atoms with Crippen LogP contribution in [-0.4, -0.2) is 23.5 Å². The molecule has 0 aliphatic carbocycles. The number of fused-ring (bicyclic) bond motifs is 1. The standard InChI is InChI=1S/C23H20BrN3O3S/c1-15-13-18(24)10-11-20(15)30-14-22(29)26-27-23(31)25-21(28)12-9-17-7-4-6-16-5-2-3-8-19(16)17/h2-13H,14H2,1H3,(H,26,29)(H2,25,27,28,31). The molecule has 0 unspecified atom stereocenters. The molecule has 158 valence electrons. The van der Waals surface area contributed by atoms with Gasteiger partial charge in [-0.2, -0.15) is 0 Å². The Bertz CT molecular complexity index is 1160. The van der Waals surface area contributed by atoms with E-state index in [1.165, 1.54) is 6.08 Å². The van der Waals surface area contributed by atoms with Crippen molar-refractivity contribution in [3.8, 4) is 5.75 Å². The van der Waals surface area contributed by atoms with E-state index in [1.807, 2.05) is 61.5 Å². The maximum atomic E-state index is 12.1. The fourth-order valence-electron chi connectivity index (χ4n) is 2.83. The maximum absolute atomic E-state index is 12.1. The number of benzene rings is 3. The molecule has 0 radical (unpaired) electrons. The Morgan fingerprint density at radius 3 is 2.65 bits per heavy atom. The lowest BCUT2D eigenvalue weighted by Gasteiger charge is -2.11. The first kappa shape index (κ1) is 22.5. The van der Waals surface area contributed by atoms with Gasteiger partial charge in [-0.25, -0.2) is 0 Å². The zero-order valence-corrected chi connectivity index (χ0v) is 19.0. The van der Waals surface area contributed by atoms with Gasteiger partial charge in [0.1, 0.15) is 5.75 Å². The number of aryl methyl sites for hydroxylation is 1. The molecule has 3 N–H and O–H groups in total. The summed E-state index contributed by atoms with van der Waals surface area (Å²) in [7, 11) is 0. The molecule has 0 bridgehead atoms. The Balaban J connectivity index is 1.45. The first-order valence-corrected chi connectivity index (χ1v) is 10.6. The van der Waals surface area contributed by atoms with Crippen LogP contribution in [0.2, 0.25) is 0 Å². The van der Waals surface area contributed by atoms with Crippen molar-refractivity contribution in [1.82, 2.24) is 16.2 Å². The lowest BCUT2D eigenvalue weighted by Crippen LogP contribution is -2.49. The highest BCUT2D eigenvalue weighted by Gasteiger charge is 2.07. The van der Waals surface area contributed by atoms with Crippen LogP contribution < -0.4 is 20.9 Å². The molecule has 0 heterocycles. The summed E-state index contributed by atoms with van der Waals surface area (Å²) in [6.07, 6.45) is 3.10. The molecule has 0 atom stereocenters. The summed E-state index contributed by atoms with van der Waals surface area (Å²) in [5, 5.41) is 4.58. The van der Waals surface area contributed by atoms with Crippen LogP contribution in [0.1, 0.15) is 11.1 Å². The Morgan fingerprint density at radius 1 is 1.06 bits per heavy atom. The summed E-state index contributed by atoms with van der Waals surface area (Å²) in [5.41, 5.74) is 6.68. The van der Waals surface area contributed by atoms with Crippen molar-refractivity contribution in [2.75, 3.05) is 6.61 Å². The highest BCUT2D eigenvalue weighted by atomic mass is 79.9. The largest absolute Gasteiger partial charge is 0.483 e. The Hall–Kier alpha value is -3.23. The number of halogens is 1. The summed E-state index contributed by atoms with van der Waals surface area (Å²) < 4.78 is 6.40. The first-order chi connectivity index (χ1) is 14.9. The van der Waals surface area contributed by atoms with Gasteiger partial charge in [0, 0.05) is 10.5 Å². The summed E-state index contributed by atoms with van der Waals surface area (Å²) in [6.45, 7) is 1.68. The lowest BCUT2D eigenvalue weighted by molar-refractivity contribution is -0.123. The van der Waals surface area contributed by atoms with Gasteiger partial charge in [-0.3, -0.25) is 25.8 Å². The number of rotatable bonds is 5. The molecule has 6 nitrogen and oxygen atoms in total. The minimum absolute atomic E-state index is 0.0271. The van der Waals surface area contributed by atoms with E-state index in [0.29, 0.717) is 5.75 Å². The number of carbonyl (C=O) groups is 2. The molecule has 2 amide bonds. The fourth-order valence-corrected chi connectivity index (χ4v) is 3.45. The molecule has 8 heteroatoms. The average molecular weight is 498 g/mol. The van der Waals surface area contributed by atoms with Crippen molar-refractivity contribution < 1.29 is 14.3 Å². The topological polar surface area (TPSA) is 79.5 Å². The van der Waals surface area contributed by atoms with Crippen molar-refractivity contribution in [1.29, 1.82) is 0 Å². The van der Waals surface area contributed by atoms with Crippen LogP contribution in [-0.2, 0) is 9.59 Å². The highest BCUT2D eigenvalue weighted by Crippen LogP contribution is 2.22. The average Bonchev–Trinajstić information content (AvgIpc) is 2.75. The number of ether oxygens (including phenoxy) is 1. The molecule has 0 aromatic heterocycles. The zero-order chi connectivity index (χ0) is 22.2. The minimum Gasteiger partial charge on any atom is -0.483 e. The van der Waals surface area contributed by atoms with E-state index in [4.69, 9.17) is 17.0 Å². The summed E-state index contributed by atoms with van der Waals surface area (Å²) >= 11 is 8.40. The van der Waals surface area contributed by atoms with Gasteiger partial charge >= 0.3 is 0 Å². The van der Waals surface area contributed by atoms with E-state index in [2.05, 4.69) is 32.1 Å². The number of nitrogens with one attached hydrogen (secondary N) is 3. The van der Waals surface area contributed by atoms with Gasteiger partial charge in [-0.05, 0) is 65.3 Å². The molecule has 0 fully saturated rings. The van der Waals surface area contributed by atoms with Crippen molar-refractivity contribution in [2.24, 2.45) is 0 Å². The number of hydrazine groups is 1. The van der Waals surface area contributed by atoms with Crippen LogP contribution in [0.5, 0.6) is 5.75 Å². The second-order valence-corrected chi connectivity index (χ2v) is 7.92. The minimum atomic E-state index is -0.440. The number of hydrogen-bond acceptors (Lipinski definition) is 4. The molecule has 3 aromatic rings. The van der Waals surface area contributed by atoms with E-state index in [0.717, 1.165) is 26.4 Å². The van der Waals surface area contributed by atoms with Gasteiger partial charge in [0.05, 0.1) is 0 Å². The molecule has 3 rings (SSSR count). The quantitative estimate of drug-likeness (QED) is 0.281. The van der Waals surface area contributed by atoms with Gasteiger partial charge in [-0.1, -0.05) is 58.4 Å². The zero-order valence-electron chi connectivity index (χ0n) is 16.6. The Morgan fingerprint density at radius 2 is 1.84 bits per heavy atom. The molecule has 0 spiro atoms. The van der Waals surface area contributed by atoms with E-state index in [-0.39, 0.29) is 11.7 Å². The third-order valence-corrected chi connectivity index (χ3v) is 4.98. The number of thiocarbonyl (C=S) groups is 1. The van der Waals surface area contributed by atoms with Crippen molar-refractivity contribution in [2.45, 2.75) is 6.92 Å². The Labute approximate surface area is 193 Å². The van der Waals surface area contributed by atoms with E-state index >= 15 is 0 Å². The number of amides is 2. The van der Waals surface area contributed by atoms with Crippen molar-refractivity contribution >= 4 is 61.9 Å². The predicted octanol–water partition coefficient (Wildman–Crippen LogP) is 4.02. The van der Waals surface area contributed by atoms with Gasteiger partial charge in [0.2, 0.25) is 5.91 Å². The molecular formula is C23H20BrN3O3S. The predicted molar refractivity (Wildman–Crippen MR) is 129 cm³/mol. The molecule has 0 saturated carbocycles. The lowest BCUT2D eigenvalue weighted by atomic mass is 10.0. The first-order valence-electron chi connectivity index (χ1n) is 9.37. The number of carbonyl (C=O) groups excluding carboxylic acids is 2. The van der Waals surface area contributed by atoms with Crippen LogP contribution in [0.3, 0.4) is 0 Å². The smallest absolute Gasteiger partial charge is 0.276 e. The SMILES string of the molecule is Cc1cc(Br)ccc1OCC(=O)NNC(=S)NC(=O)C=Cc1cccc2ccccc12. The van der Waals surface area contributed by atoms with E-state index in [9.17, 15) is 9.59 Å². The summed E-state index contributed by atoms with van der Waals surface area (Å²) in [5.74, 6) is -0.251. The normalized spacial score (nSPS) is 10.6. The fraction of sp³-hybridized carbons (Fsp3) is 0.0870. The molecular weight excluding hydrogens is 478 g/mol. The summed E-state index contributed by atoms with van der Waals surface area (Å²) in [4.78, 5) is 24.0. The van der Waals surface area contributed by atoms with Crippen LogP contribution in [0.25, 0.3) is 16.8 Å². The van der Waals surface area contributed by atoms with E-state index in [1.54, 1.807) is 12.1 Å². The van der Waals surface area contributed by atoms with Crippen LogP contribution in [0, 0.1) is 6.92 Å². The maximum Gasteiger partial charge on any atom is 0.276 e. The molecule has 3 aromatic carbocycles. The second kappa shape index (κ2) is 10.7. The van der Waals surface area contributed by atoms with Crippen molar-refractivity contribution in [3.05, 3.63) is 82.3 Å². The third kappa shape index (κ3) is 6.63. The van der Waals surface area contributed by atoms with Crippen LogP contribution >= 0.6 is 28.1 Å². The molecule has 0 aliphatic heterocycles. The molecule has 0 saturated heterocycles. The van der Waals surface area contributed by atoms with Crippen molar-refractivity contribution in [3.63, 3.8) is 0 Å². The molecule has 0 aliphatic rings. The second-order valence-electron chi connectivity index (χ2n) is 6.59. The third-order valence-electron chi connectivity index (χ3n) is 4.29. The van der Waals surface area contributed by atoms with Crippen LogP contribution in [0.4, 0.5) is 0 Å². The van der Waals surface area contributed by atoms with E-state index < -0.39 is 11.8 Å². The number of hydrogen-bond donors (Lipinski definition) is 3. The molecule has 31 heavy (non-hydrogen) atoms. The Kier molecular flexibility index (Phi) is 7.75. The monoisotopic (exact) mass is 497 g/mol. The van der Waals surface area contributed by atoms with Gasteiger partial charge in [-0.15, -0.1) is 0 Å². The van der Waals surface area contributed by atoms with Gasteiger partial charge in [0.25, 0.3) is 5.91 Å². The van der Waals surface area contributed by atoms with Crippen LogP contribution in [0.15, 0.2) is 71.2 Å².